The Hall–Kier alpha value is -1.39. The first kappa shape index (κ1) is 13.1. The Morgan fingerprint density at radius 2 is 2.11 bits per heavy atom. The van der Waals surface area contributed by atoms with Crippen LogP contribution in [0.5, 0.6) is 0 Å². The van der Waals surface area contributed by atoms with Crippen molar-refractivity contribution in [2.24, 2.45) is 0 Å². The molecule has 0 spiro atoms. The van der Waals surface area contributed by atoms with E-state index < -0.39 is 5.56 Å². The molecular weight excluding hydrogens is 278 g/mol. The van der Waals surface area contributed by atoms with Crippen molar-refractivity contribution in [3.63, 3.8) is 0 Å². The van der Waals surface area contributed by atoms with Crippen LogP contribution < -0.4 is 5.56 Å². The van der Waals surface area contributed by atoms with Crippen molar-refractivity contribution >= 4 is 23.2 Å². The molecule has 6 heteroatoms. The minimum absolute atomic E-state index is 0.0827. The highest BCUT2D eigenvalue weighted by Crippen LogP contribution is 2.16. The van der Waals surface area contributed by atoms with Crippen LogP contribution in [0, 0.1) is 12.7 Å². The average molecular weight is 287 g/mol. The van der Waals surface area contributed by atoms with Crippen molar-refractivity contribution in [1.82, 2.24) is 9.78 Å². The van der Waals surface area contributed by atoms with Crippen LogP contribution in [0.4, 0.5) is 4.39 Å². The average Bonchev–Trinajstić information content (AvgIpc) is 2.34. The van der Waals surface area contributed by atoms with Crippen LogP contribution >= 0.6 is 23.2 Å². The quantitative estimate of drug-likeness (QED) is 0.851. The fourth-order valence-corrected chi connectivity index (χ4v) is 1.80. The van der Waals surface area contributed by atoms with Gasteiger partial charge in [0.05, 0.1) is 17.8 Å². The van der Waals surface area contributed by atoms with E-state index in [-0.39, 0.29) is 22.4 Å². The summed E-state index contributed by atoms with van der Waals surface area (Å²) in [6.07, 6.45) is 1.29. The van der Waals surface area contributed by atoms with E-state index in [2.05, 4.69) is 5.10 Å². The summed E-state index contributed by atoms with van der Waals surface area (Å²) in [5, 5.41) is 3.89. The molecule has 0 N–H and O–H groups in total. The summed E-state index contributed by atoms with van der Waals surface area (Å²) in [5.41, 5.74) is 1.05. The van der Waals surface area contributed by atoms with Gasteiger partial charge >= 0.3 is 0 Å². The van der Waals surface area contributed by atoms with Gasteiger partial charge in [0, 0.05) is 0 Å². The van der Waals surface area contributed by atoms with E-state index >= 15 is 0 Å². The molecule has 0 aliphatic heterocycles. The molecule has 0 saturated heterocycles. The number of aromatic nitrogens is 2. The van der Waals surface area contributed by atoms with Crippen LogP contribution in [-0.4, -0.2) is 9.78 Å². The van der Waals surface area contributed by atoms with Crippen molar-refractivity contribution in [3.8, 4) is 0 Å². The minimum atomic E-state index is -0.493. The summed E-state index contributed by atoms with van der Waals surface area (Å²) < 4.78 is 14.3. The lowest BCUT2D eigenvalue weighted by molar-refractivity contribution is 0.608. The highest BCUT2D eigenvalue weighted by atomic mass is 35.5. The molecule has 0 radical (unpaired) electrons. The van der Waals surface area contributed by atoms with Gasteiger partial charge in [0.15, 0.2) is 0 Å². The molecule has 2 rings (SSSR count). The second-order valence-corrected chi connectivity index (χ2v) is 4.63. The molecule has 0 unspecified atom stereocenters. The van der Waals surface area contributed by atoms with Crippen LogP contribution in [0.15, 0.2) is 29.2 Å². The maximum absolute atomic E-state index is 13.1. The molecule has 0 fully saturated rings. The van der Waals surface area contributed by atoms with E-state index in [0.29, 0.717) is 5.56 Å². The predicted octanol–water partition coefficient (Wildman–Crippen LogP) is 3.05. The van der Waals surface area contributed by atoms with Gasteiger partial charge in [0.1, 0.15) is 10.8 Å². The van der Waals surface area contributed by atoms with Crippen LogP contribution in [0.25, 0.3) is 0 Å². The number of benzene rings is 1. The van der Waals surface area contributed by atoms with Crippen molar-refractivity contribution in [2.45, 2.75) is 13.5 Å². The molecule has 2 aromatic rings. The molecule has 0 atom stereocenters. The molecular formula is C12H9Cl2FN2O. The van der Waals surface area contributed by atoms with Gasteiger partial charge in [-0.25, -0.2) is 9.07 Å². The lowest BCUT2D eigenvalue weighted by atomic mass is 10.1. The maximum atomic E-state index is 13.1. The fraction of sp³-hybridized carbons (Fsp3) is 0.167. The molecule has 1 aromatic heterocycles. The fourth-order valence-electron chi connectivity index (χ4n) is 1.53. The number of hydrogen-bond donors (Lipinski definition) is 0. The minimum Gasteiger partial charge on any atom is -0.266 e. The first-order valence-corrected chi connectivity index (χ1v) is 5.91. The summed E-state index contributed by atoms with van der Waals surface area (Å²) in [6.45, 7) is 1.98. The van der Waals surface area contributed by atoms with Gasteiger partial charge in [-0.2, -0.15) is 5.10 Å². The van der Waals surface area contributed by atoms with E-state index in [0.717, 1.165) is 10.2 Å². The third-order valence-corrected chi connectivity index (χ3v) is 3.32. The van der Waals surface area contributed by atoms with E-state index in [9.17, 15) is 9.18 Å². The standard InChI is InChI=1S/C12H9Cl2FN2O/c1-7-2-3-9(15)4-8(7)6-17-12(18)11(14)10(13)5-16-17/h2-5H,6H2,1H3. The Kier molecular flexibility index (Phi) is 3.68. The molecule has 94 valence electrons. The van der Waals surface area contributed by atoms with Gasteiger partial charge in [-0.1, -0.05) is 29.3 Å². The highest BCUT2D eigenvalue weighted by Gasteiger charge is 2.09. The molecule has 1 aromatic carbocycles. The number of aryl methyl sites for hydroxylation is 1. The molecule has 0 aliphatic carbocycles. The van der Waals surface area contributed by atoms with Crippen molar-refractivity contribution < 1.29 is 4.39 Å². The number of hydrogen-bond acceptors (Lipinski definition) is 2. The SMILES string of the molecule is Cc1ccc(F)cc1Cn1ncc(Cl)c(Cl)c1=O. The molecule has 0 aliphatic rings. The van der Waals surface area contributed by atoms with Crippen LogP contribution in [0.1, 0.15) is 11.1 Å². The molecule has 0 bridgehead atoms. The van der Waals surface area contributed by atoms with E-state index in [1.54, 1.807) is 6.07 Å². The Morgan fingerprint density at radius 1 is 1.39 bits per heavy atom. The topological polar surface area (TPSA) is 34.9 Å². The summed E-state index contributed by atoms with van der Waals surface area (Å²) >= 11 is 11.4. The molecule has 0 amide bonds. The maximum Gasteiger partial charge on any atom is 0.287 e. The van der Waals surface area contributed by atoms with Gasteiger partial charge in [-0.15, -0.1) is 0 Å². The number of halogens is 3. The molecule has 18 heavy (non-hydrogen) atoms. The van der Waals surface area contributed by atoms with Crippen LogP contribution in [-0.2, 0) is 6.54 Å². The van der Waals surface area contributed by atoms with Crippen molar-refractivity contribution in [3.05, 3.63) is 61.7 Å². The first-order chi connectivity index (χ1) is 8.49. The highest BCUT2D eigenvalue weighted by molar-refractivity contribution is 6.41. The van der Waals surface area contributed by atoms with E-state index in [1.165, 1.54) is 18.3 Å². The smallest absolute Gasteiger partial charge is 0.266 e. The normalized spacial score (nSPS) is 10.7. The monoisotopic (exact) mass is 286 g/mol. The van der Waals surface area contributed by atoms with Crippen LogP contribution in [0.2, 0.25) is 10.0 Å². The molecule has 3 nitrogen and oxygen atoms in total. The zero-order valence-corrected chi connectivity index (χ0v) is 11.0. The largest absolute Gasteiger partial charge is 0.287 e. The van der Waals surface area contributed by atoms with E-state index in [4.69, 9.17) is 23.2 Å². The molecule has 0 saturated carbocycles. The molecule has 1 heterocycles. The summed E-state index contributed by atoms with van der Waals surface area (Å²) in [5.74, 6) is -0.358. The summed E-state index contributed by atoms with van der Waals surface area (Å²) in [4.78, 5) is 11.8. The van der Waals surface area contributed by atoms with Gasteiger partial charge < -0.3 is 0 Å². The van der Waals surface area contributed by atoms with Crippen molar-refractivity contribution in [2.75, 3.05) is 0 Å². The van der Waals surface area contributed by atoms with Crippen LogP contribution in [0.3, 0.4) is 0 Å². The first-order valence-electron chi connectivity index (χ1n) is 5.15. The van der Waals surface area contributed by atoms with E-state index in [1.807, 2.05) is 6.92 Å². The van der Waals surface area contributed by atoms with Gasteiger partial charge in [0.2, 0.25) is 0 Å². The number of rotatable bonds is 2. The zero-order chi connectivity index (χ0) is 13.3. The number of nitrogens with zero attached hydrogens (tertiary/aromatic N) is 2. The Morgan fingerprint density at radius 3 is 2.83 bits per heavy atom. The predicted molar refractivity (Wildman–Crippen MR) is 68.8 cm³/mol. The second-order valence-electron chi connectivity index (χ2n) is 3.84. The van der Waals surface area contributed by atoms with Crippen molar-refractivity contribution in [1.29, 1.82) is 0 Å². The third kappa shape index (κ3) is 2.54. The third-order valence-electron chi connectivity index (χ3n) is 2.57. The lowest BCUT2D eigenvalue weighted by Gasteiger charge is -2.08. The zero-order valence-electron chi connectivity index (χ0n) is 9.45. The lowest BCUT2D eigenvalue weighted by Crippen LogP contribution is -2.24. The Bertz CT molecular complexity index is 655. The summed E-state index contributed by atoms with van der Waals surface area (Å²) in [6, 6.07) is 4.38. The second kappa shape index (κ2) is 5.08. The summed E-state index contributed by atoms with van der Waals surface area (Å²) in [7, 11) is 0. The van der Waals surface area contributed by atoms with Gasteiger partial charge in [0.25, 0.3) is 5.56 Å². The van der Waals surface area contributed by atoms with Gasteiger partial charge in [-0.3, -0.25) is 4.79 Å². The Balaban J connectivity index is 2.44. The van der Waals surface area contributed by atoms with Gasteiger partial charge in [-0.05, 0) is 30.2 Å². The Labute approximate surface area is 113 Å².